The third-order valence-electron chi connectivity index (χ3n) is 3.29. The lowest BCUT2D eigenvalue weighted by molar-refractivity contribution is 0.272. The summed E-state index contributed by atoms with van der Waals surface area (Å²) >= 11 is 0. The van der Waals surface area contributed by atoms with E-state index in [1.54, 1.807) is 0 Å². The van der Waals surface area contributed by atoms with Gasteiger partial charge in [-0.15, -0.1) is 0 Å². The Bertz CT molecular complexity index is 289. The van der Waals surface area contributed by atoms with E-state index in [0.29, 0.717) is 5.92 Å². The second-order valence-electron chi connectivity index (χ2n) is 4.15. The number of rotatable bonds is 2. The zero-order valence-electron chi connectivity index (χ0n) is 8.16. The van der Waals surface area contributed by atoms with Gasteiger partial charge in [0.25, 0.3) is 0 Å². The standard InChI is InChI=1S/C12H17N/c1-9(10-4-2-5-10)11-6-3-7-12(13)8-11/h3,6-10H,2,4-5,13H2,1H3. The molecule has 1 heteroatoms. The second kappa shape index (κ2) is 3.41. The van der Waals surface area contributed by atoms with Crippen molar-refractivity contribution in [2.75, 3.05) is 5.73 Å². The van der Waals surface area contributed by atoms with Crippen molar-refractivity contribution in [1.82, 2.24) is 0 Å². The van der Waals surface area contributed by atoms with Crippen LogP contribution in [0, 0.1) is 5.92 Å². The summed E-state index contributed by atoms with van der Waals surface area (Å²) in [5.41, 5.74) is 8.06. The number of nitrogens with two attached hydrogens (primary N) is 1. The van der Waals surface area contributed by atoms with Gasteiger partial charge < -0.3 is 5.73 Å². The number of nitrogen functional groups attached to an aromatic ring is 1. The van der Waals surface area contributed by atoms with Gasteiger partial charge in [0.05, 0.1) is 0 Å². The molecule has 1 unspecified atom stereocenters. The van der Waals surface area contributed by atoms with Gasteiger partial charge in [0.15, 0.2) is 0 Å². The van der Waals surface area contributed by atoms with Crippen LogP contribution in [0.3, 0.4) is 0 Å². The minimum absolute atomic E-state index is 0.692. The summed E-state index contributed by atoms with van der Waals surface area (Å²) in [5.74, 6) is 1.60. The van der Waals surface area contributed by atoms with Crippen LogP contribution < -0.4 is 5.73 Å². The van der Waals surface area contributed by atoms with Crippen molar-refractivity contribution in [2.24, 2.45) is 5.92 Å². The third kappa shape index (κ3) is 1.69. The first-order valence-corrected chi connectivity index (χ1v) is 5.13. The molecule has 0 spiro atoms. The highest BCUT2D eigenvalue weighted by atomic mass is 14.5. The highest BCUT2D eigenvalue weighted by Gasteiger charge is 2.24. The monoisotopic (exact) mass is 175 g/mol. The molecule has 1 nitrogen and oxygen atoms in total. The molecule has 0 radical (unpaired) electrons. The third-order valence-corrected chi connectivity index (χ3v) is 3.29. The Morgan fingerprint density at radius 2 is 2.15 bits per heavy atom. The Morgan fingerprint density at radius 3 is 2.69 bits per heavy atom. The van der Waals surface area contributed by atoms with E-state index in [1.165, 1.54) is 24.8 Å². The van der Waals surface area contributed by atoms with Crippen molar-refractivity contribution in [3.8, 4) is 0 Å². The van der Waals surface area contributed by atoms with Gasteiger partial charge in [0.1, 0.15) is 0 Å². The minimum atomic E-state index is 0.692. The normalized spacial score (nSPS) is 19.5. The highest BCUT2D eigenvalue weighted by Crippen LogP contribution is 2.39. The van der Waals surface area contributed by atoms with Crippen LogP contribution >= 0.6 is 0 Å². The van der Waals surface area contributed by atoms with Gasteiger partial charge in [-0.3, -0.25) is 0 Å². The highest BCUT2D eigenvalue weighted by molar-refractivity contribution is 5.41. The van der Waals surface area contributed by atoms with Crippen LogP contribution in [0.15, 0.2) is 24.3 Å². The maximum Gasteiger partial charge on any atom is 0.0316 e. The molecule has 70 valence electrons. The maximum atomic E-state index is 5.76. The molecule has 2 rings (SSSR count). The fraction of sp³-hybridized carbons (Fsp3) is 0.500. The van der Waals surface area contributed by atoms with E-state index >= 15 is 0 Å². The van der Waals surface area contributed by atoms with Crippen molar-refractivity contribution in [1.29, 1.82) is 0 Å². The lowest BCUT2D eigenvalue weighted by Gasteiger charge is -2.31. The van der Waals surface area contributed by atoms with Gasteiger partial charge in [0.2, 0.25) is 0 Å². The first-order valence-electron chi connectivity index (χ1n) is 5.13. The van der Waals surface area contributed by atoms with Crippen LogP contribution in [0.2, 0.25) is 0 Å². The van der Waals surface area contributed by atoms with Crippen molar-refractivity contribution in [3.05, 3.63) is 29.8 Å². The summed E-state index contributed by atoms with van der Waals surface area (Å²) in [6.07, 6.45) is 4.21. The molecule has 0 bridgehead atoms. The summed E-state index contributed by atoms with van der Waals surface area (Å²) in [6, 6.07) is 8.32. The molecule has 13 heavy (non-hydrogen) atoms. The first-order chi connectivity index (χ1) is 6.27. The first kappa shape index (κ1) is 8.61. The largest absolute Gasteiger partial charge is 0.399 e. The molecule has 1 aliphatic rings. The van der Waals surface area contributed by atoms with Crippen molar-refractivity contribution < 1.29 is 0 Å². The summed E-state index contributed by atoms with van der Waals surface area (Å²) in [4.78, 5) is 0. The quantitative estimate of drug-likeness (QED) is 0.686. The van der Waals surface area contributed by atoms with Crippen LogP contribution in [0.4, 0.5) is 5.69 Å². The Labute approximate surface area is 80.0 Å². The second-order valence-corrected chi connectivity index (χ2v) is 4.15. The molecule has 0 aromatic heterocycles. The van der Waals surface area contributed by atoms with Crippen LogP contribution in [0.5, 0.6) is 0 Å². The van der Waals surface area contributed by atoms with E-state index in [4.69, 9.17) is 5.73 Å². The van der Waals surface area contributed by atoms with E-state index in [1.807, 2.05) is 6.07 Å². The fourth-order valence-corrected chi connectivity index (χ4v) is 2.05. The van der Waals surface area contributed by atoms with Crippen LogP contribution in [-0.2, 0) is 0 Å². The van der Waals surface area contributed by atoms with Gasteiger partial charge in [-0.25, -0.2) is 0 Å². The van der Waals surface area contributed by atoms with Crippen molar-refractivity contribution in [3.63, 3.8) is 0 Å². The van der Waals surface area contributed by atoms with E-state index in [9.17, 15) is 0 Å². The molecule has 0 amide bonds. The smallest absolute Gasteiger partial charge is 0.0316 e. The fourth-order valence-electron chi connectivity index (χ4n) is 2.05. The molecule has 1 aliphatic carbocycles. The molecule has 1 aromatic rings. The number of benzene rings is 1. The van der Waals surface area contributed by atoms with Gasteiger partial charge in [-0.2, -0.15) is 0 Å². The summed E-state index contributed by atoms with van der Waals surface area (Å²) in [7, 11) is 0. The van der Waals surface area contributed by atoms with Gasteiger partial charge in [0, 0.05) is 5.69 Å². The van der Waals surface area contributed by atoms with E-state index in [0.717, 1.165) is 11.6 Å². The van der Waals surface area contributed by atoms with Crippen molar-refractivity contribution in [2.45, 2.75) is 32.1 Å². The molecule has 1 aromatic carbocycles. The SMILES string of the molecule is CC(c1cccc(N)c1)C1CCC1. The molecular weight excluding hydrogens is 158 g/mol. The summed E-state index contributed by atoms with van der Waals surface area (Å²) in [6.45, 7) is 2.32. The number of hydrogen-bond acceptors (Lipinski definition) is 1. The Kier molecular flexibility index (Phi) is 2.26. The Balaban J connectivity index is 2.14. The van der Waals surface area contributed by atoms with Crippen molar-refractivity contribution >= 4 is 5.69 Å². The van der Waals surface area contributed by atoms with E-state index < -0.39 is 0 Å². The van der Waals surface area contributed by atoms with Gasteiger partial charge in [-0.05, 0) is 42.4 Å². The molecule has 0 saturated heterocycles. The zero-order chi connectivity index (χ0) is 9.26. The van der Waals surface area contributed by atoms with E-state index in [2.05, 4.69) is 25.1 Å². The molecule has 2 N–H and O–H groups in total. The molecule has 0 aliphatic heterocycles. The molecule has 1 atom stereocenters. The van der Waals surface area contributed by atoms with Crippen LogP contribution in [0.25, 0.3) is 0 Å². The van der Waals surface area contributed by atoms with E-state index in [-0.39, 0.29) is 0 Å². The zero-order valence-corrected chi connectivity index (χ0v) is 8.16. The molecular formula is C12H17N. The molecule has 0 heterocycles. The lowest BCUT2D eigenvalue weighted by atomic mass is 9.74. The average molecular weight is 175 g/mol. The van der Waals surface area contributed by atoms with Crippen LogP contribution in [0.1, 0.15) is 37.7 Å². The molecule has 1 fully saturated rings. The summed E-state index contributed by atoms with van der Waals surface area (Å²) < 4.78 is 0. The maximum absolute atomic E-state index is 5.76. The van der Waals surface area contributed by atoms with Gasteiger partial charge >= 0.3 is 0 Å². The number of anilines is 1. The lowest BCUT2D eigenvalue weighted by Crippen LogP contribution is -2.18. The average Bonchev–Trinajstić information content (AvgIpc) is 2.01. The molecule has 1 saturated carbocycles. The van der Waals surface area contributed by atoms with Crippen LogP contribution in [-0.4, -0.2) is 0 Å². The Morgan fingerprint density at radius 1 is 1.38 bits per heavy atom. The minimum Gasteiger partial charge on any atom is -0.399 e. The Hall–Kier alpha value is -0.980. The number of hydrogen-bond donors (Lipinski definition) is 1. The topological polar surface area (TPSA) is 26.0 Å². The predicted molar refractivity (Wildman–Crippen MR) is 56.6 cm³/mol. The van der Waals surface area contributed by atoms with Gasteiger partial charge in [-0.1, -0.05) is 25.5 Å². The summed E-state index contributed by atoms with van der Waals surface area (Å²) in [5, 5.41) is 0. The predicted octanol–water partition coefficient (Wildman–Crippen LogP) is 3.17.